The second kappa shape index (κ2) is 5.72. The van der Waals surface area contributed by atoms with Crippen LogP contribution in [0.2, 0.25) is 0 Å². The summed E-state index contributed by atoms with van der Waals surface area (Å²) in [6.07, 6.45) is 0.970. The van der Waals surface area contributed by atoms with Crippen molar-refractivity contribution in [2.45, 2.75) is 32.4 Å². The van der Waals surface area contributed by atoms with Gasteiger partial charge in [-0.25, -0.2) is 0 Å². The van der Waals surface area contributed by atoms with E-state index in [9.17, 15) is 4.79 Å². The monoisotopic (exact) mass is 262 g/mol. The van der Waals surface area contributed by atoms with Crippen LogP contribution in [-0.4, -0.2) is 48.1 Å². The number of carbonyl (C=O) groups is 1. The minimum atomic E-state index is -0.211. The third kappa shape index (κ3) is 2.96. The second-order valence-corrected chi connectivity index (χ2v) is 5.37. The molecule has 2 atom stereocenters. The molecule has 1 aromatic rings. The van der Waals surface area contributed by atoms with Crippen molar-refractivity contribution in [3.05, 3.63) is 29.3 Å². The van der Waals surface area contributed by atoms with Crippen molar-refractivity contribution < 1.29 is 9.90 Å². The van der Waals surface area contributed by atoms with Crippen molar-refractivity contribution >= 4 is 11.5 Å². The van der Waals surface area contributed by atoms with Gasteiger partial charge in [0.15, 0.2) is 5.78 Å². The molecule has 0 spiro atoms. The van der Waals surface area contributed by atoms with Gasteiger partial charge in [-0.3, -0.25) is 9.69 Å². The number of hydrogen-bond acceptors (Lipinski definition) is 4. The van der Waals surface area contributed by atoms with Crippen LogP contribution in [0, 0.1) is 0 Å². The van der Waals surface area contributed by atoms with Gasteiger partial charge in [-0.1, -0.05) is 0 Å². The summed E-state index contributed by atoms with van der Waals surface area (Å²) >= 11 is 0. The first-order valence-electron chi connectivity index (χ1n) is 6.77. The van der Waals surface area contributed by atoms with Crippen LogP contribution in [-0.2, 0) is 6.42 Å². The number of Topliss-reactive ketones (excluding diaryl/α,β-unsaturated/α-hetero) is 1. The van der Waals surface area contributed by atoms with Gasteiger partial charge in [0.25, 0.3) is 0 Å². The maximum Gasteiger partial charge on any atom is 0.179 e. The van der Waals surface area contributed by atoms with E-state index in [1.807, 2.05) is 37.1 Å². The average molecular weight is 262 g/mol. The number of carbonyl (C=O) groups excluding carboxylic acids is 1. The largest absolute Gasteiger partial charge is 0.395 e. The van der Waals surface area contributed by atoms with Crippen molar-refractivity contribution in [2.24, 2.45) is 0 Å². The molecule has 0 fully saturated rings. The zero-order valence-corrected chi connectivity index (χ0v) is 11.8. The van der Waals surface area contributed by atoms with Crippen molar-refractivity contribution in [2.75, 3.05) is 25.5 Å². The molecule has 4 nitrogen and oxygen atoms in total. The molecule has 1 aliphatic rings. The van der Waals surface area contributed by atoms with Crippen molar-refractivity contribution in [1.29, 1.82) is 0 Å². The predicted octanol–water partition coefficient (Wildman–Crippen LogP) is 1.54. The van der Waals surface area contributed by atoms with Gasteiger partial charge >= 0.3 is 0 Å². The molecule has 2 N–H and O–H groups in total. The molecule has 4 heteroatoms. The number of benzene rings is 1. The van der Waals surface area contributed by atoms with Crippen LogP contribution in [0.15, 0.2) is 18.2 Å². The lowest BCUT2D eigenvalue weighted by Gasteiger charge is -2.22. The van der Waals surface area contributed by atoms with Crippen molar-refractivity contribution in [3.63, 3.8) is 0 Å². The molecule has 0 amide bonds. The molecule has 19 heavy (non-hydrogen) atoms. The molecule has 2 unspecified atom stereocenters. The topological polar surface area (TPSA) is 52.6 Å². The Kier molecular flexibility index (Phi) is 4.22. The Morgan fingerprint density at radius 1 is 1.58 bits per heavy atom. The van der Waals surface area contributed by atoms with E-state index in [-0.39, 0.29) is 18.4 Å². The quantitative estimate of drug-likeness (QED) is 0.790. The molecular weight excluding hydrogens is 240 g/mol. The lowest BCUT2D eigenvalue weighted by molar-refractivity contribution is 0.0848. The zero-order chi connectivity index (χ0) is 14.0. The molecule has 1 heterocycles. The maximum atomic E-state index is 12.4. The molecule has 1 aliphatic heterocycles. The van der Waals surface area contributed by atoms with Crippen LogP contribution >= 0.6 is 0 Å². The van der Waals surface area contributed by atoms with E-state index in [1.165, 1.54) is 5.56 Å². The molecule has 0 aromatic heterocycles. The van der Waals surface area contributed by atoms with Crippen LogP contribution < -0.4 is 5.32 Å². The fourth-order valence-electron chi connectivity index (χ4n) is 2.50. The fraction of sp³-hybridized carbons (Fsp3) is 0.533. The van der Waals surface area contributed by atoms with E-state index in [2.05, 4.69) is 12.2 Å². The Bertz CT molecular complexity index is 473. The van der Waals surface area contributed by atoms with Crippen LogP contribution in [0.25, 0.3) is 0 Å². The second-order valence-electron chi connectivity index (χ2n) is 5.37. The number of nitrogens with zero attached hydrogens (tertiary/aromatic N) is 1. The number of ketones is 1. The molecule has 0 saturated heterocycles. The number of fused-ring (bicyclic) bond motifs is 1. The lowest BCUT2D eigenvalue weighted by atomic mass is 10.0. The Labute approximate surface area is 114 Å². The first-order chi connectivity index (χ1) is 9.02. The van der Waals surface area contributed by atoms with Crippen molar-refractivity contribution in [1.82, 2.24) is 4.90 Å². The standard InChI is InChI=1S/C15H22N2O2/c1-10-8-13-9-12(4-5-14(13)16-10)15(19)11(2)17(3)6-7-18/h4-5,9-11,16,18H,6-8H2,1-3H3. The summed E-state index contributed by atoms with van der Waals surface area (Å²) in [6, 6.07) is 6.10. The molecule has 0 saturated carbocycles. The number of rotatable bonds is 5. The minimum Gasteiger partial charge on any atom is -0.395 e. The molecule has 0 aliphatic carbocycles. The average Bonchev–Trinajstić information content (AvgIpc) is 2.76. The van der Waals surface area contributed by atoms with Crippen molar-refractivity contribution in [3.8, 4) is 0 Å². The minimum absolute atomic E-state index is 0.0692. The maximum absolute atomic E-state index is 12.4. The summed E-state index contributed by atoms with van der Waals surface area (Å²) in [5.74, 6) is 0.110. The third-order valence-electron chi connectivity index (χ3n) is 3.81. The smallest absolute Gasteiger partial charge is 0.179 e. The number of likely N-dealkylation sites (N-methyl/N-ethyl adjacent to an activating group) is 1. The highest BCUT2D eigenvalue weighted by atomic mass is 16.3. The molecule has 104 valence electrons. The van der Waals surface area contributed by atoms with E-state index in [0.717, 1.165) is 17.7 Å². The van der Waals surface area contributed by atoms with Gasteiger partial charge in [0, 0.05) is 23.8 Å². The van der Waals surface area contributed by atoms with E-state index in [0.29, 0.717) is 12.6 Å². The fourth-order valence-corrected chi connectivity index (χ4v) is 2.50. The van der Waals surface area contributed by atoms with E-state index < -0.39 is 0 Å². The van der Waals surface area contributed by atoms with E-state index >= 15 is 0 Å². The number of nitrogens with one attached hydrogen (secondary N) is 1. The Hall–Kier alpha value is -1.39. The Morgan fingerprint density at radius 3 is 3.00 bits per heavy atom. The SMILES string of the molecule is CC1Cc2cc(C(=O)C(C)N(C)CCO)ccc2N1. The highest BCUT2D eigenvalue weighted by molar-refractivity contribution is 6.00. The van der Waals surface area contributed by atoms with Gasteiger partial charge in [0.1, 0.15) is 0 Å². The summed E-state index contributed by atoms with van der Waals surface area (Å²) in [7, 11) is 1.86. The van der Waals surface area contributed by atoms with Gasteiger partial charge in [-0.05, 0) is 51.1 Å². The summed E-state index contributed by atoms with van der Waals surface area (Å²) in [4.78, 5) is 14.3. The molecule has 0 radical (unpaired) electrons. The van der Waals surface area contributed by atoms with E-state index in [4.69, 9.17) is 5.11 Å². The molecule has 1 aromatic carbocycles. The number of hydrogen-bond donors (Lipinski definition) is 2. The summed E-state index contributed by atoms with van der Waals surface area (Å²) < 4.78 is 0. The molecular formula is C15H22N2O2. The number of anilines is 1. The summed E-state index contributed by atoms with van der Waals surface area (Å²) in [5.41, 5.74) is 3.11. The van der Waals surface area contributed by atoms with Crippen LogP contribution in [0.1, 0.15) is 29.8 Å². The van der Waals surface area contributed by atoms with Crippen LogP contribution in [0.4, 0.5) is 5.69 Å². The van der Waals surface area contributed by atoms with Gasteiger partial charge in [-0.2, -0.15) is 0 Å². The van der Waals surface area contributed by atoms with Gasteiger partial charge in [-0.15, -0.1) is 0 Å². The molecule has 2 rings (SSSR count). The molecule has 0 bridgehead atoms. The highest BCUT2D eigenvalue weighted by Crippen LogP contribution is 2.27. The normalized spacial score (nSPS) is 19.1. The zero-order valence-electron chi connectivity index (χ0n) is 11.8. The number of aliphatic hydroxyl groups excluding tert-OH is 1. The van der Waals surface area contributed by atoms with Crippen LogP contribution in [0.5, 0.6) is 0 Å². The summed E-state index contributed by atoms with van der Waals surface area (Å²) in [5, 5.41) is 12.3. The first-order valence-corrected chi connectivity index (χ1v) is 6.77. The first kappa shape index (κ1) is 14.0. The lowest BCUT2D eigenvalue weighted by Crippen LogP contribution is -2.37. The summed E-state index contributed by atoms with van der Waals surface area (Å²) in [6.45, 7) is 4.60. The van der Waals surface area contributed by atoms with E-state index in [1.54, 1.807) is 0 Å². The Balaban J connectivity index is 2.14. The predicted molar refractivity (Wildman–Crippen MR) is 76.7 cm³/mol. The highest BCUT2D eigenvalue weighted by Gasteiger charge is 2.22. The van der Waals surface area contributed by atoms with Gasteiger partial charge < -0.3 is 10.4 Å². The van der Waals surface area contributed by atoms with Gasteiger partial charge in [0.05, 0.1) is 12.6 Å². The van der Waals surface area contributed by atoms with Crippen LogP contribution in [0.3, 0.4) is 0 Å². The number of aliphatic hydroxyl groups is 1. The van der Waals surface area contributed by atoms with Gasteiger partial charge in [0.2, 0.25) is 0 Å². The third-order valence-corrected chi connectivity index (χ3v) is 3.81. The Morgan fingerprint density at radius 2 is 2.32 bits per heavy atom.